The first kappa shape index (κ1) is 16.7. The summed E-state index contributed by atoms with van der Waals surface area (Å²) in [6.45, 7) is 0.563. The Morgan fingerprint density at radius 3 is 2.53 bits per heavy atom. The molecule has 19 heavy (non-hydrogen) atoms. The van der Waals surface area contributed by atoms with E-state index >= 15 is 0 Å². The smallest absolute Gasteiger partial charge is 0.306 e. The van der Waals surface area contributed by atoms with Gasteiger partial charge in [0.15, 0.2) is 0 Å². The van der Waals surface area contributed by atoms with E-state index in [0.29, 0.717) is 6.54 Å². The number of methoxy groups -OCH3 is 1. The summed E-state index contributed by atoms with van der Waals surface area (Å²) in [6, 6.07) is 0. The van der Waals surface area contributed by atoms with Gasteiger partial charge in [0, 0.05) is 24.9 Å². The zero-order valence-electron chi connectivity index (χ0n) is 11.6. The fourth-order valence-electron chi connectivity index (χ4n) is 1.83. The molecular weight excluding hydrogens is 288 g/mol. The van der Waals surface area contributed by atoms with Crippen molar-refractivity contribution in [3.63, 3.8) is 0 Å². The van der Waals surface area contributed by atoms with Crippen LogP contribution in [0.5, 0.6) is 0 Å². The van der Waals surface area contributed by atoms with Crippen molar-refractivity contribution in [3.05, 3.63) is 0 Å². The predicted molar refractivity (Wildman–Crippen MR) is 76.3 cm³/mol. The van der Waals surface area contributed by atoms with Crippen LogP contribution in [0, 0.1) is 0 Å². The summed E-state index contributed by atoms with van der Waals surface area (Å²) in [5.41, 5.74) is 0. The molecule has 1 aliphatic carbocycles. The van der Waals surface area contributed by atoms with Gasteiger partial charge in [-0.05, 0) is 19.1 Å². The average molecular weight is 310 g/mol. The summed E-state index contributed by atoms with van der Waals surface area (Å²) in [5, 5.41) is 0. The van der Waals surface area contributed by atoms with Crippen LogP contribution in [0.3, 0.4) is 0 Å². The molecule has 0 amide bonds. The molecule has 1 saturated carbocycles. The summed E-state index contributed by atoms with van der Waals surface area (Å²) < 4.78 is 32.3. The van der Waals surface area contributed by atoms with Gasteiger partial charge in [0.2, 0.25) is 0 Å². The molecule has 0 radical (unpaired) electrons. The highest BCUT2D eigenvalue weighted by Crippen LogP contribution is 2.42. The van der Waals surface area contributed by atoms with Crippen LogP contribution in [0.2, 0.25) is 0 Å². The minimum Gasteiger partial charge on any atom is -0.469 e. The van der Waals surface area contributed by atoms with E-state index in [1.54, 1.807) is 11.8 Å². The van der Waals surface area contributed by atoms with Crippen LogP contribution in [-0.4, -0.2) is 56.9 Å². The van der Waals surface area contributed by atoms with Crippen LogP contribution >= 0.6 is 11.8 Å². The number of nitrogens with zero attached hydrogens (tertiary/aromatic N) is 1. The molecule has 0 unspecified atom stereocenters. The minimum atomic E-state index is -3.52. The molecule has 1 N–H and O–H groups in total. The van der Waals surface area contributed by atoms with Crippen molar-refractivity contribution >= 4 is 27.9 Å². The molecular formula is C11H22N2O4S2. The van der Waals surface area contributed by atoms with Gasteiger partial charge in [-0.25, -0.2) is 4.72 Å². The highest BCUT2D eigenvalue weighted by atomic mass is 32.2. The van der Waals surface area contributed by atoms with Gasteiger partial charge in [-0.15, -0.1) is 0 Å². The predicted octanol–water partition coefficient (Wildman–Crippen LogP) is 0.601. The van der Waals surface area contributed by atoms with Gasteiger partial charge >= 0.3 is 5.97 Å². The lowest BCUT2D eigenvalue weighted by Crippen LogP contribution is -2.48. The first-order chi connectivity index (χ1) is 8.85. The van der Waals surface area contributed by atoms with E-state index in [1.165, 1.54) is 14.2 Å². The van der Waals surface area contributed by atoms with Crippen LogP contribution in [0.25, 0.3) is 0 Å². The van der Waals surface area contributed by atoms with Gasteiger partial charge in [-0.2, -0.15) is 24.5 Å². The zero-order chi connectivity index (χ0) is 14.5. The quantitative estimate of drug-likeness (QED) is 0.665. The van der Waals surface area contributed by atoms with E-state index in [0.717, 1.165) is 23.6 Å². The molecule has 1 aliphatic rings. The van der Waals surface area contributed by atoms with Gasteiger partial charge in [0.05, 0.1) is 13.5 Å². The summed E-state index contributed by atoms with van der Waals surface area (Å²) >= 11 is 1.71. The lowest BCUT2D eigenvalue weighted by atomic mass is 9.84. The molecule has 0 aromatic heterocycles. The molecule has 0 aromatic carbocycles. The first-order valence-electron chi connectivity index (χ1n) is 6.18. The number of nitrogens with one attached hydrogen (secondary N) is 1. The molecule has 0 bridgehead atoms. The van der Waals surface area contributed by atoms with Crippen molar-refractivity contribution in [2.75, 3.05) is 33.5 Å². The molecule has 1 rings (SSSR count). The van der Waals surface area contributed by atoms with Crippen LogP contribution in [0.1, 0.15) is 25.7 Å². The zero-order valence-corrected chi connectivity index (χ0v) is 13.3. The Kier molecular flexibility index (Phi) is 6.10. The van der Waals surface area contributed by atoms with Gasteiger partial charge in [-0.1, -0.05) is 6.42 Å². The molecule has 0 aliphatic heterocycles. The van der Waals surface area contributed by atoms with Gasteiger partial charge in [0.25, 0.3) is 10.2 Å². The number of esters is 1. The van der Waals surface area contributed by atoms with E-state index in [4.69, 9.17) is 0 Å². The van der Waals surface area contributed by atoms with Crippen LogP contribution < -0.4 is 4.72 Å². The monoisotopic (exact) mass is 310 g/mol. The molecule has 1 fully saturated rings. The second-order valence-corrected chi connectivity index (χ2v) is 7.85. The third-order valence-corrected chi connectivity index (χ3v) is 6.47. The maximum Gasteiger partial charge on any atom is 0.306 e. The Morgan fingerprint density at radius 2 is 2.11 bits per heavy atom. The molecule has 6 nitrogen and oxygen atoms in total. The number of ether oxygens (including phenoxy) is 1. The Morgan fingerprint density at radius 1 is 1.47 bits per heavy atom. The van der Waals surface area contributed by atoms with E-state index in [-0.39, 0.29) is 17.7 Å². The van der Waals surface area contributed by atoms with E-state index in [9.17, 15) is 13.2 Å². The Balaban J connectivity index is 2.44. The molecule has 0 spiro atoms. The van der Waals surface area contributed by atoms with Crippen molar-refractivity contribution in [1.82, 2.24) is 9.03 Å². The number of hydrogen-bond acceptors (Lipinski definition) is 5. The lowest BCUT2D eigenvalue weighted by Gasteiger charge is -2.40. The maximum atomic E-state index is 12.0. The van der Waals surface area contributed by atoms with Gasteiger partial charge in [-0.3, -0.25) is 4.79 Å². The van der Waals surface area contributed by atoms with Crippen molar-refractivity contribution in [2.24, 2.45) is 0 Å². The summed E-state index contributed by atoms with van der Waals surface area (Å²) in [4.78, 5) is 11.0. The average Bonchev–Trinajstić information content (AvgIpc) is 2.34. The third-order valence-electron chi connectivity index (χ3n) is 3.54. The van der Waals surface area contributed by atoms with E-state index in [2.05, 4.69) is 9.46 Å². The van der Waals surface area contributed by atoms with Gasteiger partial charge in [0.1, 0.15) is 0 Å². The molecule has 0 aromatic rings. The van der Waals surface area contributed by atoms with Crippen LogP contribution in [0.4, 0.5) is 0 Å². The fourth-order valence-corrected chi connectivity index (χ4v) is 3.84. The molecule has 0 heterocycles. The first-order valence-corrected chi connectivity index (χ1v) is 8.84. The summed E-state index contributed by atoms with van der Waals surface area (Å²) in [6.07, 6.45) is 5.31. The van der Waals surface area contributed by atoms with Gasteiger partial charge < -0.3 is 4.74 Å². The second kappa shape index (κ2) is 6.92. The standard InChI is InChI=1S/C11H22N2O4S2/c1-13(8-5-10(14)17-2)19(15,16)12-9-11(18-3)6-4-7-11/h12H,4-9H2,1-3H3. The molecule has 112 valence electrons. The number of hydrogen-bond donors (Lipinski definition) is 1. The highest BCUT2D eigenvalue weighted by Gasteiger charge is 2.37. The molecule has 8 heteroatoms. The number of carbonyl (C=O) groups is 1. The number of rotatable bonds is 8. The summed E-state index contributed by atoms with van der Waals surface area (Å²) in [5.74, 6) is -0.415. The maximum absolute atomic E-state index is 12.0. The van der Waals surface area contributed by atoms with Crippen LogP contribution in [-0.2, 0) is 19.7 Å². The fraction of sp³-hybridized carbons (Fsp3) is 0.909. The van der Waals surface area contributed by atoms with Crippen molar-refractivity contribution in [1.29, 1.82) is 0 Å². The van der Waals surface area contributed by atoms with E-state index < -0.39 is 16.2 Å². The van der Waals surface area contributed by atoms with Crippen molar-refractivity contribution in [2.45, 2.75) is 30.4 Å². The lowest BCUT2D eigenvalue weighted by molar-refractivity contribution is -0.140. The molecule has 0 saturated heterocycles. The normalized spacial score (nSPS) is 18.1. The second-order valence-electron chi connectivity index (χ2n) is 4.71. The number of thioether (sulfide) groups is 1. The van der Waals surface area contributed by atoms with Crippen LogP contribution in [0.15, 0.2) is 0 Å². The Labute approximate surface area is 119 Å². The summed E-state index contributed by atoms with van der Waals surface area (Å²) in [7, 11) is -0.780. The largest absolute Gasteiger partial charge is 0.469 e. The highest BCUT2D eigenvalue weighted by molar-refractivity contribution is 8.00. The Bertz CT molecular complexity index is 401. The number of carbonyl (C=O) groups excluding carboxylic acids is 1. The minimum absolute atomic E-state index is 0.0518. The molecule has 0 atom stereocenters. The van der Waals surface area contributed by atoms with Crippen molar-refractivity contribution < 1.29 is 17.9 Å². The topological polar surface area (TPSA) is 75.7 Å². The van der Waals surface area contributed by atoms with Crippen molar-refractivity contribution in [3.8, 4) is 0 Å². The van der Waals surface area contributed by atoms with E-state index in [1.807, 2.05) is 6.26 Å². The Hall–Kier alpha value is -0.310. The third kappa shape index (κ3) is 4.62. The SMILES string of the molecule is COC(=O)CCN(C)S(=O)(=O)NCC1(SC)CCC1.